The molecular weight excluding hydrogens is 262 g/mol. The molecule has 0 saturated carbocycles. The van der Waals surface area contributed by atoms with Crippen molar-refractivity contribution in [3.05, 3.63) is 0 Å². The molecule has 1 amide bonds. The number of likely N-dealkylation sites (N-methyl/N-ethyl adjacent to an activating group) is 1. The summed E-state index contributed by atoms with van der Waals surface area (Å²) < 4.78 is 0. The van der Waals surface area contributed by atoms with Gasteiger partial charge in [0.1, 0.15) is 0 Å². The summed E-state index contributed by atoms with van der Waals surface area (Å²) in [6.07, 6.45) is 2.20. The number of hydrogen-bond acceptors (Lipinski definition) is 5. The Hall–Kier alpha value is -1.47. The quantitative estimate of drug-likeness (QED) is 0.385. The van der Waals surface area contributed by atoms with Crippen molar-refractivity contribution < 1.29 is 19.5 Å². The summed E-state index contributed by atoms with van der Waals surface area (Å²) in [5.74, 6) is -1.41. The molecule has 0 heterocycles. The van der Waals surface area contributed by atoms with Gasteiger partial charge in [0.25, 0.3) is 0 Å². The van der Waals surface area contributed by atoms with Gasteiger partial charge in [-0.15, -0.1) is 0 Å². The summed E-state index contributed by atoms with van der Waals surface area (Å²) in [6.45, 7) is 1.98. The van der Waals surface area contributed by atoms with E-state index < -0.39 is 18.1 Å². The Morgan fingerprint density at radius 1 is 1.15 bits per heavy atom. The summed E-state index contributed by atoms with van der Waals surface area (Å²) >= 11 is 0. The normalized spacial score (nSPS) is 13.6. The Bertz CT molecular complexity index is 334. The molecule has 7 nitrogen and oxygen atoms in total. The number of hydrogen-bond donors (Lipinski definition) is 4. The van der Waals surface area contributed by atoms with E-state index >= 15 is 0 Å². The van der Waals surface area contributed by atoms with Gasteiger partial charge in [-0.05, 0) is 46.2 Å². The van der Waals surface area contributed by atoms with Crippen LogP contribution in [0.4, 0.5) is 0 Å². The Balaban J connectivity index is 4.39. The molecule has 0 aliphatic carbocycles. The summed E-state index contributed by atoms with van der Waals surface area (Å²) in [6, 6.07) is -1.14. The van der Waals surface area contributed by atoms with Crippen molar-refractivity contribution in [3.8, 4) is 0 Å². The molecule has 0 spiro atoms. The van der Waals surface area contributed by atoms with Gasteiger partial charge < -0.3 is 21.5 Å². The predicted molar refractivity (Wildman–Crippen MR) is 75.2 cm³/mol. The maximum atomic E-state index is 12.0. The number of carbonyl (C=O) groups is 3. The van der Waals surface area contributed by atoms with Crippen molar-refractivity contribution in [3.63, 3.8) is 0 Å². The lowest BCUT2D eigenvalue weighted by atomic mass is 10.0. The topological polar surface area (TPSA) is 122 Å². The molecule has 0 saturated heterocycles. The van der Waals surface area contributed by atoms with Crippen LogP contribution >= 0.6 is 0 Å². The van der Waals surface area contributed by atoms with E-state index in [0.717, 1.165) is 12.8 Å². The smallest absolute Gasteiger partial charge is 0.303 e. The van der Waals surface area contributed by atoms with Crippen LogP contribution in [0.3, 0.4) is 0 Å². The molecule has 7 heteroatoms. The van der Waals surface area contributed by atoms with Gasteiger partial charge in [-0.1, -0.05) is 0 Å². The average molecular weight is 287 g/mol. The van der Waals surface area contributed by atoms with E-state index in [0.29, 0.717) is 13.0 Å². The first-order chi connectivity index (χ1) is 9.42. The summed E-state index contributed by atoms with van der Waals surface area (Å²) in [4.78, 5) is 34.0. The number of Topliss-reactive ketones (excluding diaryl/α,β-unsaturated/α-hetero) is 1. The zero-order valence-electron chi connectivity index (χ0n) is 12.1. The number of ketones is 1. The molecule has 2 atom stereocenters. The van der Waals surface area contributed by atoms with Gasteiger partial charge in [0.05, 0.1) is 12.1 Å². The molecule has 0 aliphatic heterocycles. The summed E-state index contributed by atoms with van der Waals surface area (Å²) in [5.41, 5.74) is 5.39. The van der Waals surface area contributed by atoms with Gasteiger partial charge in [-0.3, -0.25) is 14.4 Å². The summed E-state index contributed by atoms with van der Waals surface area (Å²) in [5, 5.41) is 14.1. The van der Waals surface area contributed by atoms with Crippen LogP contribution in [-0.2, 0) is 14.4 Å². The lowest BCUT2D eigenvalue weighted by molar-refractivity contribution is -0.137. The number of carboxylic acids is 1. The molecule has 0 fully saturated rings. The first kappa shape index (κ1) is 18.5. The van der Waals surface area contributed by atoms with Crippen LogP contribution in [0.2, 0.25) is 0 Å². The largest absolute Gasteiger partial charge is 0.481 e. The number of nitrogens with one attached hydrogen (secondary N) is 2. The maximum absolute atomic E-state index is 12.0. The molecule has 1 unspecified atom stereocenters. The number of amides is 1. The minimum absolute atomic E-state index is 0.100. The van der Waals surface area contributed by atoms with Crippen LogP contribution in [0, 0.1) is 0 Å². The molecule has 116 valence electrons. The van der Waals surface area contributed by atoms with Crippen molar-refractivity contribution in [2.75, 3.05) is 13.6 Å². The molecule has 0 aromatic heterocycles. The van der Waals surface area contributed by atoms with Crippen molar-refractivity contribution in [2.24, 2.45) is 5.73 Å². The van der Waals surface area contributed by atoms with Crippen LogP contribution in [0.25, 0.3) is 0 Å². The molecule has 0 radical (unpaired) electrons. The lowest BCUT2D eigenvalue weighted by Crippen LogP contribution is -2.49. The number of nitrogens with two attached hydrogens (primary N) is 1. The molecule has 0 rings (SSSR count). The minimum Gasteiger partial charge on any atom is -0.481 e. The Morgan fingerprint density at radius 2 is 1.80 bits per heavy atom. The predicted octanol–water partition coefficient (Wildman–Crippen LogP) is -0.358. The van der Waals surface area contributed by atoms with E-state index in [2.05, 4.69) is 10.6 Å². The SMILES string of the molecule is CNC(CCC(=O)O)C(=O)N[C@H](CCCCN)C(C)=O. The zero-order valence-corrected chi connectivity index (χ0v) is 12.1. The third-order valence-electron chi connectivity index (χ3n) is 3.07. The Morgan fingerprint density at radius 3 is 2.25 bits per heavy atom. The number of carbonyl (C=O) groups excluding carboxylic acids is 2. The van der Waals surface area contributed by atoms with E-state index in [9.17, 15) is 14.4 Å². The molecule has 20 heavy (non-hydrogen) atoms. The number of unbranched alkanes of at least 4 members (excludes halogenated alkanes) is 1. The fourth-order valence-corrected chi connectivity index (χ4v) is 1.82. The van der Waals surface area contributed by atoms with E-state index in [-0.39, 0.29) is 24.5 Å². The Kier molecular flexibility index (Phi) is 9.57. The molecule has 5 N–H and O–H groups in total. The fourth-order valence-electron chi connectivity index (χ4n) is 1.82. The van der Waals surface area contributed by atoms with Crippen molar-refractivity contribution >= 4 is 17.7 Å². The van der Waals surface area contributed by atoms with Gasteiger partial charge in [0.15, 0.2) is 5.78 Å². The van der Waals surface area contributed by atoms with E-state index in [1.165, 1.54) is 6.92 Å². The fraction of sp³-hybridized carbons (Fsp3) is 0.769. The third kappa shape index (κ3) is 7.85. The number of carboxylic acid groups (broad SMARTS) is 1. The molecule has 0 aromatic carbocycles. The zero-order chi connectivity index (χ0) is 15.5. The average Bonchev–Trinajstić information content (AvgIpc) is 2.37. The first-order valence-electron chi connectivity index (χ1n) is 6.82. The van der Waals surface area contributed by atoms with Crippen LogP contribution in [-0.4, -0.2) is 48.4 Å². The highest BCUT2D eigenvalue weighted by Gasteiger charge is 2.22. The maximum Gasteiger partial charge on any atom is 0.303 e. The second-order valence-corrected chi connectivity index (χ2v) is 4.73. The van der Waals surface area contributed by atoms with Gasteiger partial charge in [0, 0.05) is 6.42 Å². The highest BCUT2D eigenvalue weighted by atomic mass is 16.4. The standard InChI is InChI=1S/C13H25N3O4/c1-9(17)10(5-3-4-8-14)16-13(20)11(15-2)6-7-12(18)19/h10-11,15H,3-8,14H2,1-2H3,(H,16,20)(H,18,19)/t10-,11?/m1/s1. The van der Waals surface area contributed by atoms with E-state index in [1.807, 2.05) is 0 Å². The third-order valence-corrected chi connectivity index (χ3v) is 3.07. The molecular formula is C13H25N3O4. The number of aliphatic carboxylic acids is 1. The monoisotopic (exact) mass is 287 g/mol. The van der Waals surface area contributed by atoms with Crippen LogP contribution < -0.4 is 16.4 Å². The van der Waals surface area contributed by atoms with Gasteiger partial charge in [-0.2, -0.15) is 0 Å². The van der Waals surface area contributed by atoms with Crippen LogP contribution in [0.1, 0.15) is 39.0 Å². The van der Waals surface area contributed by atoms with Crippen molar-refractivity contribution in [1.82, 2.24) is 10.6 Å². The molecule has 0 aliphatic rings. The highest BCUT2D eigenvalue weighted by molar-refractivity contribution is 5.89. The van der Waals surface area contributed by atoms with Gasteiger partial charge in [-0.25, -0.2) is 0 Å². The highest BCUT2D eigenvalue weighted by Crippen LogP contribution is 2.04. The number of rotatable bonds is 11. The first-order valence-corrected chi connectivity index (χ1v) is 6.82. The van der Waals surface area contributed by atoms with Gasteiger partial charge >= 0.3 is 5.97 Å². The molecule has 0 aromatic rings. The van der Waals surface area contributed by atoms with Crippen molar-refractivity contribution in [2.45, 2.75) is 51.1 Å². The second kappa shape index (κ2) is 10.3. The second-order valence-electron chi connectivity index (χ2n) is 4.73. The molecule has 0 bridgehead atoms. The van der Waals surface area contributed by atoms with Crippen LogP contribution in [0.15, 0.2) is 0 Å². The van der Waals surface area contributed by atoms with E-state index in [1.54, 1.807) is 7.05 Å². The minimum atomic E-state index is -0.955. The lowest BCUT2D eigenvalue weighted by Gasteiger charge is -2.20. The summed E-state index contributed by atoms with van der Waals surface area (Å²) in [7, 11) is 1.59. The Labute approximate surface area is 119 Å². The van der Waals surface area contributed by atoms with E-state index in [4.69, 9.17) is 10.8 Å². The van der Waals surface area contributed by atoms with Crippen molar-refractivity contribution in [1.29, 1.82) is 0 Å². The van der Waals surface area contributed by atoms with Crippen LogP contribution in [0.5, 0.6) is 0 Å². The van der Waals surface area contributed by atoms with Gasteiger partial charge in [0.2, 0.25) is 5.91 Å².